The number of rotatable bonds is 4. The summed E-state index contributed by atoms with van der Waals surface area (Å²) in [6, 6.07) is 0. The molecule has 2 heteroatoms. The van der Waals surface area contributed by atoms with Gasteiger partial charge in [-0.2, -0.15) is 0 Å². The van der Waals surface area contributed by atoms with E-state index >= 15 is 0 Å². The van der Waals surface area contributed by atoms with Crippen molar-refractivity contribution in [1.29, 1.82) is 0 Å². The molecule has 2 nitrogen and oxygen atoms in total. The monoisotopic (exact) mass is 216 g/mol. The van der Waals surface area contributed by atoms with Crippen LogP contribution in [0.15, 0.2) is 0 Å². The summed E-state index contributed by atoms with van der Waals surface area (Å²) < 4.78 is 6.02. The quantitative estimate of drug-likeness (QED) is 0.780. The van der Waals surface area contributed by atoms with Crippen LogP contribution in [0.2, 0.25) is 0 Å². The van der Waals surface area contributed by atoms with Gasteiger partial charge in [-0.3, -0.25) is 0 Å². The molecule has 1 atom stereocenters. The lowest BCUT2D eigenvalue weighted by Crippen LogP contribution is -2.43. The summed E-state index contributed by atoms with van der Waals surface area (Å²) in [5, 5.41) is 9.71. The highest BCUT2D eigenvalue weighted by molar-refractivity contribution is 4.85. The minimum absolute atomic E-state index is 0.0687. The van der Waals surface area contributed by atoms with Crippen molar-refractivity contribution in [2.75, 3.05) is 0 Å². The summed E-state index contributed by atoms with van der Waals surface area (Å²) in [5.41, 5.74) is -0.744. The van der Waals surface area contributed by atoms with Gasteiger partial charge in [-0.15, -0.1) is 0 Å². The van der Waals surface area contributed by atoms with E-state index in [9.17, 15) is 5.11 Å². The predicted octanol–water partition coefficient (Wildman–Crippen LogP) is 3.38. The molecule has 0 amide bonds. The van der Waals surface area contributed by atoms with Crippen molar-refractivity contribution in [1.82, 2.24) is 0 Å². The molecular weight excluding hydrogens is 188 g/mol. The van der Waals surface area contributed by atoms with Crippen LogP contribution in [0.1, 0.15) is 61.8 Å². The van der Waals surface area contributed by atoms with Crippen molar-refractivity contribution < 1.29 is 9.84 Å². The summed E-state index contributed by atoms with van der Waals surface area (Å²) in [6.07, 6.45) is 0.728. The topological polar surface area (TPSA) is 29.5 Å². The molecule has 0 saturated carbocycles. The standard InChI is InChI=1S/C13H28O2/c1-10(9-12(5,6)14)15-13(7,8)11(2,3)4/h10,14H,9H2,1-8H3. The Hall–Kier alpha value is -0.0800. The van der Waals surface area contributed by atoms with Gasteiger partial charge >= 0.3 is 0 Å². The first-order chi connectivity index (χ1) is 6.35. The number of ether oxygens (including phenoxy) is 1. The minimum Gasteiger partial charge on any atom is -0.390 e. The van der Waals surface area contributed by atoms with Crippen LogP contribution < -0.4 is 0 Å². The van der Waals surface area contributed by atoms with E-state index in [2.05, 4.69) is 34.6 Å². The Bertz CT molecular complexity index is 194. The average molecular weight is 216 g/mol. The lowest BCUT2D eigenvalue weighted by atomic mass is 9.79. The molecule has 1 N–H and O–H groups in total. The molecule has 1 unspecified atom stereocenters. The van der Waals surface area contributed by atoms with Gasteiger partial charge < -0.3 is 9.84 Å². The van der Waals surface area contributed by atoms with E-state index < -0.39 is 5.60 Å². The molecule has 92 valence electrons. The van der Waals surface area contributed by atoms with E-state index in [4.69, 9.17) is 4.74 Å². The van der Waals surface area contributed by atoms with E-state index in [1.807, 2.05) is 20.8 Å². The van der Waals surface area contributed by atoms with Crippen LogP contribution in [-0.2, 0) is 4.74 Å². The van der Waals surface area contributed by atoms with E-state index in [-0.39, 0.29) is 17.1 Å². The van der Waals surface area contributed by atoms with E-state index in [1.54, 1.807) is 0 Å². The van der Waals surface area contributed by atoms with Gasteiger partial charge in [0.15, 0.2) is 0 Å². The maximum atomic E-state index is 9.71. The van der Waals surface area contributed by atoms with Gasteiger partial charge in [0.25, 0.3) is 0 Å². The average Bonchev–Trinajstić information content (AvgIpc) is 1.75. The van der Waals surface area contributed by atoms with Crippen molar-refractivity contribution in [3.05, 3.63) is 0 Å². The Kier molecular flexibility index (Phi) is 4.40. The Morgan fingerprint density at radius 1 is 1.00 bits per heavy atom. The molecule has 0 saturated heterocycles. The third-order valence-corrected chi connectivity index (χ3v) is 3.09. The number of hydrogen-bond acceptors (Lipinski definition) is 2. The lowest BCUT2D eigenvalue weighted by Gasteiger charge is -2.41. The van der Waals surface area contributed by atoms with Crippen molar-refractivity contribution in [3.63, 3.8) is 0 Å². The molecule has 0 fully saturated rings. The highest BCUT2D eigenvalue weighted by Crippen LogP contribution is 2.34. The number of hydrogen-bond donors (Lipinski definition) is 1. The molecule has 0 bridgehead atoms. The second kappa shape index (κ2) is 4.42. The summed E-state index contributed by atoms with van der Waals surface area (Å²) in [5.74, 6) is 0. The normalized spacial score (nSPS) is 16.6. The van der Waals surface area contributed by atoms with Crippen LogP contribution in [0.4, 0.5) is 0 Å². The molecule has 0 heterocycles. The zero-order valence-corrected chi connectivity index (χ0v) is 11.6. The first-order valence-electron chi connectivity index (χ1n) is 5.75. The van der Waals surface area contributed by atoms with Crippen molar-refractivity contribution in [2.24, 2.45) is 5.41 Å². The van der Waals surface area contributed by atoms with Crippen molar-refractivity contribution >= 4 is 0 Å². The van der Waals surface area contributed by atoms with Crippen molar-refractivity contribution in [3.8, 4) is 0 Å². The van der Waals surface area contributed by atoms with Gasteiger partial charge in [-0.1, -0.05) is 20.8 Å². The Morgan fingerprint density at radius 3 is 1.67 bits per heavy atom. The summed E-state index contributed by atoms with van der Waals surface area (Å²) >= 11 is 0. The zero-order valence-electron chi connectivity index (χ0n) is 11.6. The molecule has 0 spiro atoms. The first kappa shape index (κ1) is 14.9. The Labute approximate surface area is 95.0 Å². The van der Waals surface area contributed by atoms with Crippen LogP contribution in [0.25, 0.3) is 0 Å². The molecule has 0 aliphatic rings. The van der Waals surface area contributed by atoms with Crippen LogP contribution in [0.5, 0.6) is 0 Å². The molecule has 0 aromatic heterocycles. The maximum absolute atomic E-state index is 9.71. The van der Waals surface area contributed by atoms with Crippen LogP contribution in [0.3, 0.4) is 0 Å². The van der Waals surface area contributed by atoms with Gasteiger partial charge in [-0.05, 0) is 40.0 Å². The summed E-state index contributed by atoms with van der Waals surface area (Å²) in [6.45, 7) is 16.4. The third kappa shape index (κ3) is 5.53. The van der Waals surface area contributed by atoms with Gasteiger partial charge in [0.05, 0.1) is 17.3 Å². The first-order valence-corrected chi connectivity index (χ1v) is 5.75. The third-order valence-electron chi connectivity index (χ3n) is 3.09. The van der Waals surface area contributed by atoms with E-state index in [0.717, 1.165) is 0 Å². The molecule has 0 aliphatic carbocycles. The fourth-order valence-corrected chi connectivity index (χ4v) is 1.42. The van der Waals surface area contributed by atoms with Gasteiger partial charge in [0.2, 0.25) is 0 Å². The highest BCUT2D eigenvalue weighted by Gasteiger charge is 2.35. The SMILES string of the molecule is CC(CC(C)(C)O)OC(C)(C)C(C)(C)C. The molecule has 0 aromatic carbocycles. The van der Waals surface area contributed by atoms with Gasteiger partial charge in [0.1, 0.15) is 0 Å². The maximum Gasteiger partial charge on any atom is 0.0678 e. The predicted molar refractivity (Wildman–Crippen MR) is 65.0 cm³/mol. The molecular formula is C13H28O2. The second-order valence-corrected chi connectivity index (χ2v) is 6.71. The van der Waals surface area contributed by atoms with E-state index in [1.165, 1.54) is 0 Å². The Morgan fingerprint density at radius 2 is 1.40 bits per heavy atom. The minimum atomic E-state index is -0.659. The fourth-order valence-electron chi connectivity index (χ4n) is 1.42. The van der Waals surface area contributed by atoms with Gasteiger partial charge in [0, 0.05) is 6.42 Å². The van der Waals surface area contributed by atoms with Crippen molar-refractivity contribution in [2.45, 2.75) is 79.1 Å². The second-order valence-electron chi connectivity index (χ2n) is 6.71. The van der Waals surface area contributed by atoms with Gasteiger partial charge in [-0.25, -0.2) is 0 Å². The number of aliphatic hydroxyl groups is 1. The largest absolute Gasteiger partial charge is 0.390 e. The zero-order chi connectivity index (χ0) is 12.5. The molecule has 0 aliphatic heterocycles. The van der Waals surface area contributed by atoms with Crippen LogP contribution in [0, 0.1) is 5.41 Å². The molecule has 15 heavy (non-hydrogen) atoms. The molecule has 0 rings (SSSR count). The fraction of sp³-hybridized carbons (Fsp3) is 1.00. The van der Waals surface area contributed by atoms with Crippen LogP contribution >= 0.6 is 0 Å². The Balaban J connectivity index is 4.36. The smallest absolute Gasteiger partial charge is 0.0678 e. The van der Waals surface area contributed by atoms with Crippen LogP contribution in [-0.4, -0.2) is 22.4 Å². The van der Waals surface area contributed by atoms with E-state index in [0.29, 0.717) is 6.42 Å². The molecule has 0 radical (unpaired) electrons. The summed E-state index contributed by atoms with van der Waals surface area (Å²) in [7, 11) is 0. The lowest BCUT2D eigenvalue weighted by molar-refractivity contribution is -0.140. The molecule has 0 aromatic rings. The summed E-state index contributed by atoms with van der Waals surface area (Å²) in [4.78, 5) is 0. The highest BCUT2D eigenvalue weighted by atomic mass is 16.5.